The van der Waals surface area contributed by atoms with Gasteiger partial charge in [0.25, 0.3) is 0 Å². The van der Waals surface area contributed by atoms with Crippen molar-refractivity contribution in [2.45, 2.75) is 27.2 Å². The zero-order valence-corrected chi connectivity index (χ0v) is 21.8. The van der Waals surface area contributed by atoms with E-state index in [1.807, 2.05) is 57.2 Å². The fourth-order valence-electron chi connectivity index (χ4n) is 4.36. The number of para-hydroxylation sites is 1. The summed E-state index contributed by atoms with van der Waals surface area (Å²) in [5, 5.41) is 10.2. The van der Waals surface area contributed by atoms with Gasteiger partial charge in [-0.1, -0.05) is 32.9 Å². The quantitative estimate of drug-likeness (QED) is 0.229. The molecule has 6 aromatic rings. The van der Waals surface area contributed by atoms with Gasteiger partial charge in [-0.25, -0.2) is 9.97 Å². The highest BCUT2D eigenvalue weighted by Gasteiger charge is 2.19. The van der Waals surface area contributed by atoms with Crippen LogP contribution in [0.5, 0.6) is 0 Å². The molecule has 3 N–H and O–H groups in total. The van der Waals surface area contributed by atoms with Gasteiger partial charge in [-0.05, 0) is 41.8 Å². The molecule has 0 unspecified atom stereocenters. The predicted molar refractivity (Wildman–Crippen MR) is 148 cm³/mol. The summed E-state index contributed by atoms with van der Waals surface area (Å²) in [4.78, 5) is 30.5. The predicted octanol–water partition coefficient (Wildman–Crippen LogP) is 6.81. The van der Waals surface area contributed by atoms with E-state index >= 15 is 0 Å². The minimum Gasteiger partial charge on any atom is -0.336 e. The summed E-state index contributed by atoms with van der Waals surface area (Å²) in [5.74, 6) is 0.494. The lowest BCUT2D eigenvalue weighted by Gasteiger charge is -2.17. The highest BCUT2D eigenvalue weighted by Crippen LogP contribution is 2.34. The Kier molecular flexibility index (Phi) is 5.76. The second kappa shape index (κ2) is 9.14. The Morgan fingerprint density at radius 3 is 2.68 bits per heavy atom. The molecule has 0 spiro atoms. The van der Waals surface area contributed by atoms with Crippen molar-refractivity contribution in [3.05, 3.63) is 66.1 Å². The second-order valence-electron chi connectivity index (χ2n) is 10.3. The number of carbonyl (C=O) groups excluding carboxylic acids is 1. The summed E-state index contributed by atoms with van der Waals surface area (Å²) < 4.78 is 13.7. The summed E-state index contributed by atoms with van der Waals surface area (Å²) in [6.07, 6.45) is 3.73. The number of carbonyl (C=O) groups is 1. The normalized spacial score (nSPS) is 11.9. The molecule has 1 aromatic carbocycles. The Bertz CT molecular complexity index is 1810. The molecular formula is C28H24FN7OS. The third-order valence-corrected chi connectivity index (χ3v) is 6.90. The van der Waals surface area contributed by atoms with E-state index in [9.17, 15) is 9.18 Å². The fraction of sp³-hybridized carbons (Fsp3) is 0.179. The number of rotatable bonds is 5. The number of nitrogens with one attached hydrogen (secondary N) is 3. The van der Waals surface area contributed by atoms with E-state index in [1.54, 1.807) is 18.5 Å². The van der Waals surface area contributed by atoms with Crippen molar-refractivity contribution in [1.82, 2.24) is 30.1 Å². The van der Waals surface area contributed by atoms with Gasteiger partial charge in [0.15, 0.2) is 16.6 Å². The zero-order chi connectivity index (χ0) is 26.4. The highest BCUT2D eigenvalue weighted by atomic mass is 32.1. The van der Waals surface area contributed by atoms with Gasteiger partial charge < -0.3 is 10.3 Å². The maximum atomic E-state index is 13.7. The number of aromatic amines is 2. The molecule has 0 radical (unpaired) electrons. The second-order valence-corrected chi connectivity index (χ2v) is 11.3. The fourth-order valence-corrected chi connectivity index (χ4v) is 5.12. The number of pyridine rings is 2. The Balaban J connectivity index is 1.36. The first-order valence-electron chi connectivity index (χ1n) is 12.1. The first kappa shape index (κ1) is 23.9. The van der Waals surface area contributed by atoms with Crippen LogP contribution in [0.4, 0.5) is 10.1 Å². The van der Waals surface area contributed by atoms with Gasteiger partial charge in [-0.3, -0.25) is 14.9 Å². The van der Waals surface area contributed by atoms with Crippen molar-refractivity contribution in [1.29, 1.82) is 0 Å². The van der Waals surface area contributed by atoms with Crippen molar-refractivity contribution in [2.75, 3.05) is 5.32 Å². The monoisotopic (exact) mass is 525 g/mol. The van der Waals surface area contributed by atoms with Crippen LogP contribution in [0.2, 0.25) is 0 Å². The number of aromatic nitrogens is 6. The number of anilines is 1. The Morgan fingerprint density at radius 1 is 1.03 bits per heavy atom. The lowest BCUT2D eigenvalue weighted by Crippen LogP contribution is -2.19. The smallest absolute Gasteiger partial charge is 0.224 e. The summed E-state index contributed by atoms with van der Waals surface area (Å²) in [6, 6.07) is 14.6. The highest BCUT2D eigenvalue weighted by molar-refractivity contribution is 7.14. The standard InChI is InChI=1S/C28H24FN7OS/c1-28(2,3)12-23(37)31-16-11-15(13-30-14-16)18-7-8-20-25(32-18)26(36-35-20)27-33-19-6-4-5-17(24(19)34-27)21-9-10-22(29)38-21/h4-11,13-14H,12H2,1-3H3,(H,31,37)(H,33,34)(H,35,36). The third kappa shape index (κ3) is 4.66. The van der Waals surface area contributed by atoms with E-state index in [2.05, 4.69) is 25.5 Å². The number of fused-ring (bicyclic) bond motifs is 2. The maximum Gasteiger partial charge on any atom is 0.224 e. The molecule has 0 fully saturated rings. The SMILES string of the molecule is CC(C)(C)CC(=O)Nc1cncc(-c2ccc3[nH]nc(-c4nc5c(-c6ccc(F)s6)cccc5[nH]4)c3n2)c1. The Labute approximate surface area is 221 Å². The molecule has 0 aliphatic rings. The Hall–Kier alpha value is -4.44. The average molecular weight is 526 g/mol. The van der Waals surface area contributed by atoms with Crippen LogP contribution in [-0.2, 0) is 4.79 Å². The van der Waals surface area contributed by atoms with E-state index in [4.69, 9.17) is 9.97 Å². The summed E-state index contributed by atoms with van der Waals surface area (Å²) in [5.41, 5.74) is 6.33. The minimum absolute atomic E-state index is 0.0634. The van der Waals surface area contributed by atoms with Gasteiger partial charge in [0.2, 0.25) is 5.91 Å². The van der Waals surface area contributed by atoms with E-state index < -0.39 is 0 Å². The molecule has 5 heterocycles. The van der Waals surface area contributed by atoms with Crippen LogP contribution in [0.15, 0.2) is 60.9 Å². The van der Waals surface area contributed by atoms with Gasteiger partial charge in [-0.15, -0.1) is 11.3 Å². The molecular weight excluding hydrogens is 501 g/mol. The van der Waals surface area contributed by atoms with Crippen LogP contribution in [0.25, 0.3) is 55.3 Å². The summed E-state index contributed by atoms with van der Waals surface area (Å²) in [7, 11) is 0. The molecule has 0 saturated heterocycles. The van der Waals surface area contributed by atoms with E-state index in [-0.39, 0.29) is 16.5 Å². The molecule has 8 nitrogen and oxygen atoms in total. The number of hydrogen-bond acceptors (Lipinski definition) is 6. The van der Waals surface area contributed by atoms with Crippen molar-refractivity contribution in [3.63, 3.8) is 0 Å². The first-order valence-corrected chi connectivity index (χ1v) is 12.9. The molecule has 0 aliphatic carbocycles. The molecule has 0 atom stereocenters. The van der Waals surface area contributed by atoms with Crippen molar-refractivity contribution in [2.24, 2.45) is 5.41 Å². The van der Waals surface area contributed by atoms with E-state index in [0.29, 0.717) is 34.8 Å². The summed E-state index contributed by atoms with van der Waals surface area (Å²) in [6.45, 7) is 6.06. The number of thiophene rings is 1. The molecule has 0 saturated carbocycles. The average Bonchev–Trinajstić information content (AvgIpc) is 3.60. The molecule has 6 rings (SSSR count). The maximum absolute atomic E-state index is 13.7. The van der Waals surface area contributed by atoms with Crippen molar-refractivity contribution in [3.8, 4) is 33.2 Å². The van der Waals surface area contributed by atoms with Crippen molar-refractivity contribution >= 4 is 45.0 Å². The molecule has 5 aromatic heterocycles. The minimum atomic E-state index is -0.241. The number of H-pyrrole nitrogens is 2. The number of amides is 1. The van der Waals surface area contributed by atoms with Crippen LogP contribution in [0.1, 0.15) is 27.2 Å². The third-order valence-electron chi connectivity index (χ3n) is 5.99. The number of hydrogen-bond donors (Lipinski definition) is 3. The molecule has 38 heavy (non-hydrogen) atoms. The molecule has 0 aliphatic heterocycles. The van der Waals surface area contributed by atoms with Gasteiger partial charge in [0.1, 0.15) is 5.52 Å². The van der Waals surface area contributed by atoms with Gasteiger partial charge >= 0.3 is 0 Å². The lowest BCUT2D eigenvalue weighted by atomic mass is 9.92. The van der Waals surface area contributed by atoms with Crippen LogP contribution in [0.3, 0.4) is 0 Å². The Morgan fingerprint density at radius 2 is 1.89 bits per heavy atom. The van der Waals surface area contributed by atoms with Crippen LogP contribution in [0, 0.1) is 10.5 Å². The van der Waals surface area contributed by atoms with E-state index in [1.165, 1.54) is 6.07 Å². The number of imidazole rings is 1. The van der Waals surface area contributed by atoms with Crippen LogP contribution >= 0.6 is 11.3 Å². The number of benzene rings is 1. The summed E-state index contributed by atoms with van der Waals surface area (Å²) >= 11 is 1.08. The number of nitrogens with zero attached hydrogens (tertiary/aromatic N) is 4. The van der Waals surface area contributed by atoms with Gasteiger partial charge in [0.05, 0.1) is 34.1 Å². The molecule has 10 heteroatoms. The molecule has 1 amide bonds. The van der Waals surface area contributed by atoms with Crippen molar-refractivity contribution < 1.29 is 9.18 Å². The van der Waals surface area contributed by atoms with Gasteiger partial charge in [0, 0.05) is 28.6 Å². The molecule has 190 valence electrons. The van der Waals surface area contributed by atoms with Crippen LogP contribution in [-0.4, -0.2) is 36.0 Å². The topological polar surface area (TPSA) is 112 Å². The first-order chi connectivity index (χ1) is 18.2. The van der Waals surface area contributed by atoms with E-state index in [0.717, 1.165) is 43.9 Å². The largest absolute Gasteiger partial charge is 0.336 e. The number of halogens is 1. The molecule has 0 bridgehead atoms. The lowest BCUT2D eigenvalue weighted by molar-refractivity contribution is -0.117. The zero-order valence-electron chi connectivity index (χ0n) is 21.0. The van der Waals surface area contributed by atoms with Crippen LogP contribution < -0.4 is 5.32 Å². The van der Waals surface area contributed by atoms with Gasteiger partial charge in [-0.2, -0.15) is 9.49 Å².